The maximum absolute atomic E-state index is 13.0. The number of rotatable bonds is 9. The first kappa shape index (κ1) is 26.1. The molecule has 4 rings (SSSR count). The van der Waals surface area contributed by atoms with Gasteiger partial charge in [-0.3, -0.25) is 0 Å². The predicted molar refractivity (Wildman–Crippen MR) is 133 cm³/mol. The van der Waals surface area contributed by atoms with Gasteiger partial charge >= 0.3 is 6.18 Å². The summed E-state index contributed by atoms with van der Waals surface area (Å²) in [5, 5.41) is 17.8. The van der Waals surface area contributed by atoms with Crippen LogP contribution in [0.5, 0.6) is 0 Å². The quantitative estimate of drug-likeness (QED) is 0.253. The number of halogens is 3. The molecule has 0 saturated carbocycles. The van der Waals surface area contributed by atoms with E-state index in [9.17, 15) is 21.6 Å². The van der Waals surface area contributed by atoms with Crippen molar-refractivity contribution in [2.75, 3.05) is 22.5 Å². The lowest BCUT2D eigenvalue weighted by molar-refractivity contribution is -0.115. The van der Waals surface area contributed by atoms with Crippen LogP contribution in [0.2, 0.25) is 0 Å². The second-order valence-electron chi connectivity index (χ2n) is 8.42. The van der Waals surface area contributed by atoms with Crippen LogP contribution < -0.4 is 21.1 Å². The van der Waals surface area contributed by atoms with E-state index in [1.807, 2.05) is 13.8 Å². The summed E-state index contributed by atoms with van der Waals surface area (Å²) in [4.78, 5) is 13.0. The van der Waals surface area contributed by atoms with Gasteiger partial charge < -0.3 is 16.0 Å². The molecule has 0 radical (unpaired) electrons. The highest BCUT2D eigenvalue weighted by Crippen LogP contribution is 2.24. The van der Waals surface area contributed by atoms with E-state index in [4.69, 9.17) is 5.14 Å². The van der Waals surface area contributed by atoms with Crippen LogP contribution >= 0.6 is 0 Å². The Balaban J connectivity index is 1.63. The molecule has 4 aromatic rings. The van der Waals surface area contributed by atoms with Crippen LogP contribution in [0.25, 0.3) is 16.9 Å². The molecule has 196 valence electrons. The molecular weight excluding hydrogens is 511 g/mol. The summed E-state index contributed by atoms with van der Waals surface area (Å²) in [6.45, 7) is 2.82. The summed E-state index contributed by atoms with van der Waals surface area (Å²) in [7, 11) is -3.82. The molecule has 0 aliphatic carbocycles. The molecule has 0 spiro atoms. The second kappa shape index (κ2) is 10.2. The topological polar surface area (TPSA) is 153 Å². The van der Waals surface area contributed by atoms with Crippen LogP contribution in [0, 0.1) is 0 Å². The number of nitrogens with two attached hydrogens (primary N) is 1. The molecule has 3 aromatic heterocycles. The zero-order valence-corrected chi connectivity index (χ0v) is 20.6. The number of nitrogens with one attached hydrogen (secondary N) is 3. The average Bonchev–Trinajstić information content (AvgIpc) is 3.28. The number of hydrogen-bond donors (Lipinski definition) is 4. The van der Waals surface area contributed by atoms with Gasteiger partial charge in [0, 0.05) is 12.6 Å². The highest BCUT2D eigenvalue weighted by atomic mass is 32.2. The molecule has 0 aliphatic rings. The van der Waals surface area contributed by atoms with Gasteiger partial charge in [0.05, 0.1) is 28.5 Å². The van der Waals surface area contributed by atoms with E-state index in [2.05, 4.69) is 36.0 Å². The summed E-state index contributed by atoms with van der Waals surface area (Å²) in [6, 6.07) is 9.26. The first-order valence-corrected chi connectivity index (χ1v) is 12.6. The minimum atomic E-state index is -4.48. The van der Waals surface area contributed by atoms with Crippen LogP contribution in [0.15, 0.2) is 53.7 Å². The number of primary sulfonamides is 1. The minimum absolute atomic E-state index is 0.0389. The highest BCUT2D eigenvalue weighted by molar-refractivity contribution is 7.89. The molecule has 0 aliphatic heterocycles. The van der Waals surface area contributed by atoms with Gasteiger partial charge in [-0.25, -0.2) is 28.2 Å². The van der Waals surface area contributed by atoms with E-state index in [-0.39, 0.29) is 34.8 Å². The summed E-state index contributed by atoms with van der Waals surface area (Å²) < 4.78 is 63.2. The second-order valence-corrected chi connectivity index (χ2v) is 9.98. The Morgan fingerprint density at radius 2 is 1.76 bits per heavy atom. The molecule has 0 atom stereocenters. The largest absolute Gasteiger partial charge is 0.405 e. The van der Waals surface area contributed by atoms with Gasteiger partial charge in [-0.15, -0.1) is 0 Å². The maximum atomic E-state index is 13.0. The Kier molecular flexibility index (Phi) is 7.18. The summed E-state index contributed by atoms with van der Waals surface area (Å²) >= 11 is 0. The van der Waals surface area contributed by atoms with Gasteiger partial charge in [0.1, 0.15) is 12.1 Å². The summed E-state index contributed by atoms with van der Waals surface area (Å²) in [5.74, 6) is 0.326. The molecule has 0 fully saturated rings. The number of pyridine rings is 1. The van der Waals surface area contributed by atoms with E-state index >= 15 is 0 Å². The van der Waals surface area contributed by atoms with Crippen LogP contribution in [0.1, 0.15) is 19.4 Å². The Bertz CT molecular complexity index is 1500. The Morgan fingerprint density at radius 1 is 1.03 bits per heavy atom. The first-order valence-electron chi connectivity index (χ1n) is 11.0. The van der Waals surface area contributed by atoms with Gasteiger partial charge in [0.25, 0.3) is 0 Å². The van der Waals surface area contributed by atoms with Crippen LogP contribution in [0.3, 0.4) is 0 Å². The number of sulfonamides is 1. The minimum Gasteiger partial charge on any atom is -0.380 e. The monoisotopic (exact) mass is 535 g/mol. The van der Waals surface area contributed by atoms with E-state index in [0.717, 1.165) is 5.69 Å². The normalized spacial score (nSPS) is 12.2. The lowest BCUT2D eigenvalue weighted by Crippen LogP contribution is -2.22. The number of alkyl halides is 3. The molecule has 1 aromatic carbocycles. The predicted octanol–water partition coefficient (Wildman–Crippen LogP) is 3.26. The van der Waals surface area contributed by atoms with Crippen molar-refractivity contribution in [3.63, 3.8) is 0 Å². The number of nitrogens with zero attached hydrogens (tertiary/aromatic N) is 5. The smallest absolute Gasteiger partial charge is 0.380 e. The average molecular weight is 536 g/mol. The lowest BCUT2D eigenvalue weighted by Gasteiger charge is -2.13. The third-order valence-electron chi connectivity index (χ3n) is 4.96. The SMILES string of the molecule is CC(C)Nc1cnn(-c2ccc3nc(NCc4ccc(S(N)(=O)=O)cc4)nc(NCC(F)(F)F)c3n2)c1. The van der Waals surface area contributed by atoms with Gasteiger partial charge in [-0.2, -0.15) is 23.3 Å². The summed E-state index contributed by atoms with van der Waals surface area (Å²) in [5.41, 5.74) is 1.89. The van der Waals surface area contributed by atoms with Gasteiger partial charge in [-0.05, 0) is 43.7 Å². The number of anilines is 3. The van der Waals surface area contributed by atoms with E-state index in [1.54, 1.807) is 36.7 Å². The number of benzene rings is 1. The van der Waals surface area contributed by atoms with Crippen molar-refractivity contribution in [3.8, 4) is 5.82 Å². The first-order chi connectivity index (χ1) is 17.4. The molecular formula is C22H24F3N9O2S. The fourth-order valence-corrected chi connectivity index (χ4v) is 3.87. The number of aromatic nitrogens is 5. The Morgan fingerprint density at radius 3 is 2.41 bits per heavy atom. The number of fused-ring (bicyclic) bond motifs is 1. The zero-order valence-electron chi connectivity index (χ0n) is 19.8. The maximum Gasteiger partial charge on any atom is 0.405 e. The van der Waals surface area contributed by atoms with Crippen LogP contribution in [0.4, 0.5) is 30.6 Å². The molecule has 3 heterocycles. The third kappa shape index (κ3) is 6.83. The van der Waals surface area contributed by atoms with E-state index in [1.165, 1.54) is 16.8 Å². The van der Waals surface area contributed by atoms with Crippen LogP contribution in [-0.2, 0) is 16.6 Å². The number of hydrogen-bond acceptors (Lipinski definition) is 9. The molecule has 0 saturated heterocycles. The van der Waals surface area contributed by atoms with Crippen molar-refractivity contribution in [2.45, 2.75) is 37.5 Å². The van der Waals surface area contributed by atoms with Crippen molar-refractivity contribution in [2.24, 2.45) is 5.14 Å². The van der Waals surface area contributed by atoms with Crippen molar-refractivity contribution in [1.82, 2.24) is 24.7 Å². The van der Waals surface area contributed by atoms with E-state index in [0.29, 0.717) is 16.9 Å². The molecule has 15 heteroatoms. The molecule has 0 bridgehead atoms. The van der Waals surface area contributed by atoms with E-state index < -0.39 is 22.7 Å². The van der Waals surface area contributed by atoms with Crippen molar-refractivity contribution in [3.05, 3.63) is 54.4 Å². The highest BCUT2D eigenvalue weighted by Gasteiger charge is 2.27. The molecule has 5 N–H and O–H groups in total. The van der Waals surface area contributed by atoms with Gasteiger partial charge in [0.15, 0.2) is 11.6 Å². The zero-order chi connectivity index (χ0) is 26.8. The standard InChI is InChI=1S/C22H24F3N9O2S/c1-13(2)30-15-10-29-34(11-15)18-8-7-17-19(32-18)20(28-12-22(23,24)25)33-21(31-17)27-9-14-3-5-16(6-4-14)37(26,35)36/h3-8,10-11,13,30H,9,12H2,1-2H3,(H2,26,35,36)(H2,27,28,31,33). The fraction of sp³-hybridized carbons (Fsp3) is 0.273. The third-order valence-corrected chi connectivity index (χ3v) is 5.89. The van der Waals surface area contributed by atoms with Crippen molar-refractivity contribution in [1.29, 1.82) is 0 Å². The van der Waals surface area contributed by atoms with Crippen LogP contribution in [-0.4, -0.2) is 51.9 Å². The summed E-state index contributed by atoms with van der Waals surface area (Å²) in [6.07, 6.45) is -1.14. The van der Waals surface area contributed by atoms with Gasteiger partial charge in [0.2, 0.25) is 16.0 Å². The molecule has 37 heavy (non-hydrogen) atoms. The van der Waals surface area contributed by atoms with Crippen molar-refractivity contribution < 1.29 is 21.6 Å². The van der Waals surface area contributed by atoms with Crippen molar-refractivity contribution >= 4 is 38.5 Å². The molecule has 0 amide bonds. The lowest BCUT2D eigenvalue weighted by atomic mass is 10.2. The Labute approximate surface area is 210 Å². The molecule has 11 nitrogen and oxygen atoms in total. The Hall–Kier alpha value is -3.98. The van der Waals surface area contributed by atoms with Gasteiger partial charge in [-0.1, -0.05) is 12.1 Å². The fourth-order valence-electron chi connectivity index (χ4n) is 3.35. The molecule has 0 unspecified atom stereocenters.